The first-order valence-electron chi connectivity index (χ1n) is 13.1. The van der Waals surface area contributed by atoms with E-state index < -0.39 is 0 Å². The Bertz CT molecular complexity index is 1550. The van der Waals surface area contributed by atoms with Crippen LogP contribution < -0.4 is 0 Å². The number of thioether (sulfide) groups is 2. The van der Waals surface area contributed by atoms with Gasteiger partial charge in [0.1, 0.15) is 33.5 Å². The molecule has 3 aromatic carbocycles. The number of fused-ring (bicyclic) bond motifs is 2. The Morgan fingerprint density at radius 1 is 0.763 bits per heavy atom. The number of aryl methyl sites for hydroxylation is 1. The SMILES string of the molecule is Cc1cc(-n2nc3ccc(SCCCCCCSc4ccc5n[nH]nc5c4)cc3n2)c(O)c(C(C)(C)C)c1. The summed E-state index contributed by atoms with van der Waals surface area (Å²) in [6.07, 6.45) is 4.88. The number of aromatic nitrogens is 6. The lowest BCUT2D eigenvalue weighted by Gasteiger charge is -2.22. The summed E-state index contributed by atoms with van der Waals surface area (Å²) in [4.78, 5) is 4.02. The molecule has 0 spiro atoms. The van der Waals surface area contributed by atoms with Crippen LogP contribution in [0.15, 0.2) is 58.3 Å². The smallest absolute Gasteiger partial charge is 0.146 e. The number of nitrogens with one attached hydrogen (secondary N) is 1. The van der Waals surface area contributed by atoms with Crippen LogP contribution in [0.2, 0.25) is 0 Å². The highest BCUT2D eigenvalue weighted by Gasteiger charge is 2.22. The van der Waals surface area contributed by atoms with E-state index >= 15 is 0 Å². The van der Waals surface area contributed by atoms with Crippen molar-refractivity contribution in [3.05, 3.63) is 59.7 Å². The Morgan fingerprint density at radius 3 is 2.05 bits per heavy atom. The van der Waals surface area contributed by atoms with E-state index in [1.54, 1.807) is 4.80 Å². The molecule has 0 aliphatic carbocycles. The monoisotopic (exact) mass is 546 g/mol. The van der Waals surface area contributed by atoms with Crippen molar-refractivity contribution >= 4 is 45.6 Å². The molecule has 0 aliphatic rings. The van der Waals surface area contributed by atoms with Gasteiger partial charge in [-0.05, 0) is 84.7 Å². The third-order valence-corrected chi connectivity index (χ3v) is 8.63. The molecule has 38 heavy (non-hydrogen) atoms. The fraction of sp³-hybridized carbons (Fsp3) is 0.379. The molecule has 0 atom stereocenters. The number of aromatic hydroxyl groups is 1. The molecular formula is C29H34N6OS2. The van der Waals surface area contributed by atoms with Gasteiger partial charge >= 0.3 is 0 Å². The van der Waals surface area contributed by atoms with Crippen molar-refractivity contribution in [1.29, 1.82) is 0 Å². The van der Waals surface area contributed by atoms with Crippen LogP contribution in [-0.2, 0) is 5.41 Å². The van der Waals surface area contributed by atoms with Crippen LogP contribution in [0.4, 0.5) is 0 Å². The Labute approximate surface area is 231 Å². The third kappa shape index (κ3) is 6.15. The maximum atomic E-state index is 11.0. The molecule has 0 bridgehead atoms. The average molecular weight is 547 g/mol. The summed E-state index contributed by atoms with van der Waals surface area (Å²) in [5.41, 5.74) is 5.93. The molecule has 0 saturated heterocycles. The van der Waals surface area contributed by atoms with Gasteiger partial charge in [0, 0.05) is 15.4 Å². The number of rotatable bonds is 10. The topological polar surface area (TPSA) is 92.5 Å². The van der Waals surface area contributed by atoms with Crippen LogP contribution >= 0.6 is 23.5 Å². The Kier molecular flexibility index (Phi) is 7.95. The van der Waals surface area contributed by atoms with Gasteiger partial charge < -0.3 is 5.11 Å². The molecule has 198 valence electrons. The van der Waals surface area contributed by atoms with E-state index in [1.807, 2.05) is 54.7 Å². The van der Waals surface area contributed by atoms with Crippen molar-refractivity contribution in [2.45, 2.75) is 68.6 Å². The maximum absolute atomic E-state index is 11.0. The van der Waals surface area contributed by atoms with Gasteiger partial charge in [0.15, 0.2) is 0 Å². The summed E-state index contributed by atoms with van der Waals surface area (Å²) >= 11 is 3.75. The zero-order chi connectivity index (χ0) is 26.7. The van der Waals surface area contributed by atoms with Crippen molar-refractivity contribution < 1.29 is 5.11 Å². The van der Waals surface area contributed by atoms with Gasteiger partial charge in [-0.3, -0.25) is 0 Å². The average Bonchev–Trinajstić information content (AvgIpc) is 3.52. The van der Waals surface area contributed by atoms with Gasteiger partial charge in [-0.1, -0.05) is 39.7 Å². The molecule has 0 amide bonds. The van der Waals surface area contributed by atoms with Crippen LogP contribution in [0, 0.1) is 6.92 Å². The van der Waals surface area contributed by atoms with Crippen LogP contribution in [0.5, 0.6) is 5.75 Å². The Balaban J connectivity index is 1.10. The minimum atomic E-state index is -0.173. The van der Waals surface area contributed by atoms with E-state index in [1.165, 1.54) is 35.5 Å². The molecule has 0 radical (unpaired) electrons. The number of aromatic amines is 1. The largest absolute Gasteiger partial charge is 0.505 e. The normalized spacial score (nSPS) is 12.1. The molecule has 0 fully saturated rings. The molecule has 2 aromatic heterocycles. The van der Waals surface area contributed by atoms with Gasteiger partial charge in [0.05, 0.1) is 0 Å². The molecule has 9 heteroatoms. The second-order valence-electron chi connectivity index (χ2n) is 10.7. The fourth-order valence-electron chi connectivity index (χ4n) is 4.42. The summed E-state index contributed by atoms with van der Waals surface area (Å²) in [7, 11) is 0. The number of phenols is 1. The molecule has 2 N–H and O–H groups in total. The molecule has 7 nitrogen and oxygen atoms in total. The van der Waals surface area contributed by atoms with Gasteiger partial charge in [-0.2, -0.15) is 15.4 Å². The van der Waals surface area contributed by atoms with E-state index in [9.17, 15) is 5.11 Å². The van der Waals surface area contributed by atoms with Gasteiger partial charge in [0.25, 0.3) is 0 Å². The number of unbranched alkanes of at least 4 members (excludes halogenated alkanes) is 3. The lowest BCUT2D eigenvalue weighted by atomic mass is 9.85. The second-order valence-corrected chi connectivity index (χ2v) is 13.0. The van der Waals surface area contributed by atoms with Gasteiger partial charge in [-0.25, -0.2) is 0 Å². The summed E-state index contributed by atoms with van der Waals surface area (Å²) in [6.45, 7) is 8.33. The molecule has 2 heterocycles. The van der Waals surface area contributed by atoms with E-state index in [-0.39, 0.29) is 11.2 Å². The molecule has 5 rings (SSSR count). The Morgan fingerprint density at radius 2 is 1.37 bits per heavy atom. The van der Waals surface area contributed by atoms with E-state index in [2.05, 4.69) is 65.5 Å². The minimum absolute atomic E-state index is 0.173. The first-order chi connectivity index (χ1) is 18.3. The third-order valence-electron chi connectivity index (χ3n) is 6.47. The van der Waals surface area contributed by atoms with Crippen molar-refractivity contribution in [3.8, 4) is 11.4 Å². The zero-order valence-corrected chi connectivity index (χ0v) is 24.0. The van der Waals surface area contributed by atoms with E-state index in [4.69, 9.17) is 5.10 Å². The van der Waals surface area contributed by atoms with Crippen molar-refractivity contribution in [1.82, 2.24) is 30.4 Å². The molecule has 5 aromatic rings. The predicted molar refractivity (Wildman–Crippen MR) is 158 cm³/mol. The number of phenolic OH excluding ortho intramolecular Hbond substituents is 1. The van der Waals surface area contributed by atoms with Crippen molar-refractivity contribution in [2.24, 2.45) is 0 Å². The maximum Gasteiger partial charge on any atom is 0.146 e. The number of nitrogens with zero attached hydrogens (tertiary/aromatic N) is 5. The second kappa shape index (κ2) is 11.4. The highest BCUT2D eigenvalue weighted by Crippen LogP contribution is 2.36. The van der Waals surface area contributed by atoms with Crippen LogP contribution in [0.1, 0.15) is 57.6 Å². The fourth-order valence-corrected chi connectivity index (χ4v) is 6.31. The summed E-state index contributed by atoms with van der Waals surface area (Å²) in [5.74, 6) is 2.45. The number of hydrogen-bond acceptors (Lipinski definition) is 7. The summed E-state index contributed by atoms with van der Waals surface area (Å²) in [5, 5.41) is 31.3. The zero-order valence-electron chi connectivity index (χ0n) is 22.4. The lowest BCUT2D eigenvalue weighted by Crippen LogP contribution is -2.13. The van der Waals surface area contributed by atoms with Gasteiger partial charge in [0.2, 0.25) is 0 Å². The predicted octanol–water partition coefficient (Wildman–Crippen LogP) is 7.45. The van der Waals surface area contributed by atoms with Crippen LogP contribution in [-0.4, -0.2) is 47.0 Å². The van der Waals surface area contributed by atoms with Crippen LogP contribution in [0.25, 0.3) is 27.8 Å². The standard InChI is InChI=1S/C29H34N6OS2/c1-19-15-22(29(2,3)4)28(36)27(16-19)35-32-24-12-10-21(18-26(24)33-35)38-14-8-6-5-7-13-37-20-9-11-23-25(17-20)31-34-30-23/h9-12,15-18,36H,5-8,13-14H2,1-4H3,(H,30,31,34). The quantitative estimate of drug-likeness (QED) is 0.139. The molecule has 0 aliphatic heterocycles. The molecule has 0 unspecified atom stereocenters. The minimum Gasteiger partial charge on any atom is -0.505 e. The van der Waals surface area contributed by atoms with E-state index in [0.29, 0.717) is 5.69 Å². The number of H-pyrrole nitrogens is 1. The Hall–Kier alpha value is -3.04. The first kappa shape index (κ1) is 26.6. The van der Waals surface area contributed by atoms with E-state index in [0.717, 1.165) is 44.7 Å². The molecular weight excluding hydrogens is 512 g/mol. The van der Waals surface area contributed by atoms with Crippen LogP contribution in [0.3, 0.4) is 0 Å². The van der Waals surface area contributed by atoms with Crippen molar-refractivity contribution in [2.75, 3.05) is 11.5 Å². The lowest BCUT2D eigenvalue weighted by molar-refractivity contribution is 0.440. The summed E-state index contributed by atoms with van der Waals surface area (Å²) in [6, 6.07) is 16.4. The highest BCUT2D eigenvalue weighted by atomic mass is 32.2. The highest BCUT2D eigenvalue weighted by molar-refractivity contribution is 7.99. The summed E-state index contributed by atoms with van der Waals surface area (Å²) < 4.78 is 0. The first-order valence-corrected chi connectivity index (χ1v) is 15.0. The van der Waals surface area contributed by atoms with Gasteiger partial charge in [-0.15, -0.1) is 38.5 Å². The number of hydrogen-bond donors (Lipinski definition) is 2. The van der Waals surface area contributed by atoms with Crippen molar-refractivity contribution in [3.63, 3.8) is 0 Å². The molecule has 0 saturated carbocycles. The number of benzene rings is 3.